The zero-order chi connectivity index (χ0) is 11.3. The Labute approximate surface area is 90.7 Å². The van der Waals surface area contributed by atoms with Crippen LogP contribution in [0.5, 0.6) is 0 Å². The molecule has 88 valence electrons. The van der Waals surface area contributed by atoms with Crippen LogP contribution in [-0.2, 0) is 14.3 Å². The van der Waals surface area contributed by atoms with Gasteiger partial charge in [0.05, 0.1) is 13.7 Å². The molecule has 1 N–H and O–H groups in total. The van der Waals surface area contributed by atoms with E-state index in [4.69, 9.17) is 9.47 Å². The predicted octanol–water partition coefficient (Wildman–Crippen LogP) is -0.530. The van der Waals surface area contributed by atoms with Gasteiger partial charge in [-0.2, -0.15) is 0 Å². The summed E-state index contributed by atoms with van der Waals surface area (Å²) in [6, 6.07) is 0. The molecule has 0 spiro atoms. The number of hydrogen-bond acceptors (Lipinski definition) is 5. The van der Waals surface area contributed by atoms with Crippen molar-refractivity contribution in [2.45, 2.75) is 12.0 Å². The summed E-state index contributed by atoms with van der Waals surface area (Å²) in [4.78, 5) is 13.7. The average Bonchev–Trinajstić information content (AvgIpc) is 2.66. The maximum Gasteiger partial charge on any atom is 0.328 e. The van der Waals surface area contributed by atoms with Crippen molar-refractivity contribution in [2.24, 2.45) is 0 Å². The number of nitrogens with one attached hydrogen (secondary N) is 1. The molecule has 1 fully saturated rings. The molecule has 1 unspecified atom stereocenters. The molecule has 0 aromatic heterocycles. The molecule has 1 aliphatic heterocycles. The first-order valence-electron chi connectivity index (χ1n) is 5.17. The van der Waals surface area contributed by atoms with Gasteiger partial charge < -0.3 is 14.4 Å². The molecule has 0 bridgehead atoms. The van der Waals surface area contributed by atoms with Crippen molar-refractivity contribution in [1.29, 1.82) is 0 Å². The Hall–Kier alpha value is -0.650. The Morgan fingerprint density at radius 1 is 1.60 bits per heavy atom. The first-order valence-corrected chi connectivity index (χ1v) is 5.17. The van der Waals surface area contributed by atoms with Gasteiger partial charge in [-0.3, -0.25) is 5.32 Å². The topological polar surface area (TPSA) is 50.8 Å². The molecule has 0 aliphatic carbocycles. The van der Waals surface area contributed by atoms with E-state index >= 15 is 0 Å². The molecular formula is C10H20N2O3. The van der Waals surface area contributed by atoms with Crippen LogP contribution in [0, 0.1) is 0 Å². The van der Waals surface area contributed by atoms with Gasteiger partial charge >= 0.3 is 5.97 Å². The number of methoxy groups -OCH3 is 1. The Morgan fingerprint density at radius 2 is 2.33 bits per heavy atom. The fraction of sp³-hybridized carbons (Fsp3) is 0.900. The average molecular weight is 216 g/mol. The molecule has 1 aliphatic rings. The van der Waals surface area contributed by atoms with Gasteiger partial charge in [0.2, 0.25) is 0 Å². The quantitative estimate of drug-likeness (QED) is 0.626. The Morgan fingerprint density at radius 3 is 2.80 bits per heavy atom. The van der Waals surface area contributed by atoms with E-state index in [1.54, 1.807) is 0 Å². The van der Waals surface area contributed by atoms with Crippen LogP contribution in [0.4, 0.5) is 0 Å². The molecule has 0 saturated carbocycles. The maximum absolute atomic E-state index is 11.6. The third-order valence-electron chi connectivity index (χ3n) is 2.62. The fourth-order valence-corrected chi connectivity index (χ4v) is 1.65. The van der Waals surface area contributed by atoms with Crippen molar-refractivity contribution < 1.29 is 14.3 Å². The Bertz CT molecular complexity index is 213. The zero-order valence-corrected chi connectivity index (χ0v) is 9.71. The zero-order valence-electron chi connectivity index (χ0n) is 9.71. The van der Waals surface area contributed by atoms with Crippen LogP contribution >= 0.6 is 0 Å². The molecule has 1 saturated heterocycles. The van der Waals surface area contributed by atoms with Gasteiger partial charge in [0.1, 0.15) is 5.54 Å². The summed E-state index contributed by atoms with van der Waals surface area (Å²) in [5, 5.41) is 3.24. The van der Waals surface area contributed by atoms with E-state index in [9.17, 15) is 4.79 Å². The first-order chi connectivity index (χ1) is 7.10. The van der Waals surface area contributed by atoms with Gasteiger partial charge in [0.25, 0.3) is 0 Å². The highest BCUT2D eigenvalue weighted by molar-refractivity contribution is 5.81. The van der Waals surface area contributed by atoms with Crippen LogP contribution in [0.3, 0.4) is 0 Å². The van der Waals surface area contributed by atoms with Crippen LogP contribution in [-0.4, -0.2) is 63.9 Å². The van der Waals surface area contributed by atoms with Crippen molar-refractivity contribution in [3.8, 4) is 0 Å². The Kier molecular flexibility index (Phi) is 4.50. The van der Waals surface area contributed by atoms with Crippen molar-refractivity contribution in [1.82, 2.24) is 10.2 Å². The largest absolute Gasteiger partial charge is 0.468 e. The highest BCUT2D eigenvalue weighted by atomic mass is 16.5. The number of likely N-dealkylation sites (N-methyl/N-ethyl adjacent to an activating group) is 1. The minimum absolute atomic E-state index is 0.223. The van der Waals surface area contributed by atoms with Crippen molar-refractivity contribution in [3.05, 3.63) is 0 Å². The summed E-state index contributed by atoms with van der Waals surface area (Å²) in [7, 11) is 5.41. The van der Waals surface area contributed by atoms with Crippen LogP contribution in [0.15, 0.2) is 0 Å². The van der Waals surface area contributed by atoms with Gasteiger partial charge in [0.15, 0.2) is 0 Å². The second-order valence-corrected chi connectivity index (χ2v) is 4.11. The number of nitrogens with zero attached hydrogens (tertiary/aromatic N) is 1. The molecular weight excluding hydrogens is 196 g/mol. The number of hydrogen-bond donors (Lipinski definition) is 1. The molecule has 0 aromatic carbocycles. The maximum atomic E-state index is 11.6. The van der Waals surface area contributed by atoms with Crippen molar-refractivity contribution in [2.75, 3.05) is 47.5 Å². The highest BCUT2D eigenvalue weighted by Crippen LogP contribution is 2.19. The van der Waals surface area contributed by atoms with E-state index in [0.717, 1.165) is 13.1 Å². The molecule has 0 radical (unpaired) electrons. The monoisotopic (exact) mass is 216 g/mol. The molecule has 1 atom stereocenters. The van der Waals surface area contributed by atoms with Gasteiger partial charge in [-0.25, -0.2) is 4.79 Å². The first kappa shape index (κ1) is 12.4. The standard InChI is InChI=1S/C10H20N2O3/c1-12(2)6-5-11-10(9(13)14-3)4-7-15-8-10/h11H,4-8H2,1-3H3. The second kappa shape index (κ2) is 5.44. The Balaban J connectivity index is 2.47. The van der Waals surface area contributed by atoms with E-state index < -0.39 is 5.54 Å². The van der Waals surface area contributed by atoms with E-state index in [0.29, 0.717) is 19.6 Å². The minimum Gasteiger partial charge on any atom is -0.468 e. The van der Waals surface area contributed by atoms with Crippen LogP contribution in [0.1, 0.15) is 6.42 Å². The summed E-state index contributed by atoms with van der Waals surface area (Å²) >= 11 is 0. The van der Waals surface area contributed by atoms with E-state index in [1.807, 2.05) is 14.1 Å². The van der Waals surface area contributed by atoms with E-state index in [2.05, 4.69) is 10.2 Å². The third-order valence-corrected chi connectivity index (χ3v) is 2.62. The molecule has 5 heteroatoms. The molecule has 15 heavy (non-hydrogen) atoms. The van der Waals surface area contributed by atoms with Gasteiger partial charge in [0, 0.05) is 26.1 Å². The number of carbonyl (C=O) groups is 1. The second-order valence-electron chi connectivity index (χ2n) is 4.11. The summed E-state index contributed by atoms with van der Waals surface area (Å²) in [6.07, 6.45) is 0.688. The lowest BCUT2D eigenvalue weighted by atomic mass is 9.99. The third kappa shape index (κ3) is 3.15. The lowest BCUT2D eigenvalue weighted by Crippen LogP contribution is -2.54. The lowest BCUT2D eigenvalue weighted by Gasteiger charge is -2.26. The molecule has 0 amide bonds. The van der Waals surface area contributed by atoms with Gasteiger partial charge in [-0.05, 0) is 14.1 Å². The van der Waals surface area contributed by atoms with Crippen molar-refractivity contribution in [3.63, 3.8) is 0 Å². The predicted molar refractivity (Wildman–Crippen MR) is 56.7 cm³/mol. The molecule has 0 aromatic rings. The van der Waals surface area contributed by atoms with Crippen LogP contribution < -0.4 is 5.32 Å². The van der Waals surface area contributed by atoms with Crippen molar-refractivity contribution >= 4 is 5.97 Å². The smallest absolute Gasteiger partial charge is 0.328 e. The van der Waals surface area contributed by atoms with Crippen LogP contribution in [0.25, 0.3) is 0 Å². The summed E-state index contributed by atoms with van der Waals surface area (Å²) < 4.78 is 10.1. The lowest BCUT2D eigenvalue weighted by molar-refractivity contribution is -0.148. The summed E-state index contributed by atoms with van der Waals surface area (Å²) in [6.45, 7) is 2.67. The van der Waals surface area contributed by atoms with Crippen LogP contribution in [0.2, 0.25) is 0 Å². The molecule has 1 heterocycles. The van der Waals surface area contributed by atoms with E-state index in [1.165, 1.54) is 7.11 Å². The van der Waals surface area contributed by atoms with Gasteiger partial charge in [-0.1, -0.05) is 0 Å². The number of esters is 1. The normalized spacial score (nSPS) is 25.9. The summed E-state index contributed by atoms with van der Waals surface area (Å²) in [5.74, 6) is -0.223. The van der Waals surface area contributed by atoms with E-state index in [-0.39, 0.29) is 5.97 Å². The number of ether oxygens (including phenoxy) is 2. The number of rotatable bonds is 5. The number of carbonyl (C=O) groups excluding carboxylic acids is 1. The van der Waals surface area contributed by atoms with Gasteiger partial charge in [-0.15, -0.1) is 0 Å². The highest BCUT2D eigenvalue weighted by Gasteiger charge is 2.42. The molecule has 5 nitrogen and oxygen atoms in total. The fourth-order valence-electron chi connectivity index (χ4n) is 1.65. The summed E-state index contributed by atoms with van der Waals surface area (Å²) in [5.41, 5.74) is -0.620. The minimum atomic E-state index is -0.620. The molecule has 1 rings (SSSR count). The SMILES string of the molecule is COC(=O)C1(NCCN(C)C)CCOC1.